The smallest absolute Gasteiger partial charge is 0.224 e. The van der Waals surface area contributed by atoms with Gasteiger partial charge in [0.15, 0.2) is 5.16 Å². The number of imidazole rings is 1. The highest BCUT2D eigenvalue weighted by molar-refractivity contribution is 7.99. The monoisotopic (exact) mass is 401 g/mol. The number of halogens is 1. The lowest BCUT2D eigenvalue weighted by Gasteiger charge is -2.05. The molecule has 0 atom stereocenters. The summed E-state index contributed by atoms with van der Waals surface area (Å²) in [6.45, 7) is 0.579. The topological polar surface area (TPSA) is 67.0 Å². The van der Waals surface area contributed by atoms with E-state index in [1.165, 1.54) is 0 Å². The Morgan fingerprint density at radius 3 is 2.63 bits per heavy atom. The average Bonchev–Trinajstić information content (AvgIpc) is 3.16. The number of rotatable bonds is 8. The molecule has 2 aromatic carbocycles. The number of nitrogens with zero attached hydrogens (tertiary/aromatic N) is 1. The summed E-state index contributed by atoms with van der Waals surface area (Å²) in [5, 5.41) is 4.41. The molecule has 0 fully saturated rings. The van der Waals surface area contributed by atoms with Gasteiger partial charge in [0, 0.05) is 17.3 Å². The molecule has 0 spiro atoms. The van der Waals surface area contributed by atoms with Crippen LogP contribution in [0.5, 0.6) is 5.75 Å². The van der Waals surface area contributed by atoms with E-state index in [0.717, 1.165) is 33.5 Å². The van der Waals surface area contributed by atoms with Gasteiger partial charge in [-0.05, 0) is 47.5 Å². The molecule has 27 heavy (non-hydrogen) atoms. The minimum Gasteiger partial charge on any atom is -0.497 e. The normalized spacial score (nSPS) is 10.6. The minimum atomic E-state index is -0.00344. The Morgan fingerprint density at radius 2 is 1.93 bits per heavy atom. The molecule has 140 valence electrons. The van der Waals surface area contributed by atoms with Gasteiger partial charge in [-0.2, -0.15) is 0 Å². The first kappa shape index (κ1) is 19.3. The van der Waals surface area contributed by atoms with Crippen molar-refractivity contribution in [1.82, 2.24) is 15.3 Å². The molecule has 0 radical (unpaired) electrons. The van der Waals surface area contributed by atoms with E-state index in [4.69, 9.17) is 16.3 Å². The second-order valence-corrected chi connectivity index (χ2v) is 7.35. The molecular weight excluding hydrogens is 382 g/mol. The van der Waals surface area contributed by atoms with Gasteiger partial charge in [0.05, 0.1) is 25.4 Å². The van der Waals surface area contributed by atoms with Crippen molar-refractivity contribution < 1.29 is 9.53 Å². The number of aromatic amines is 1. The number of methoxy groups -OCH3 is 1. The van der Waals surface area contributed by atoms with Crippen LogP contribution < -0.4 is 10.1 Å². The van der Waals surface area contributed by atoms with Gasteiger partial charge in [0.1, 0.15) is 5.75 Å². The van der Waals surface area contributed by atoms with E-state index in [1.54, 1.807) is 31.0 Å². The Kier molecular flexibility index (Phi) is 6.79. The molecule has 0 bridgehead atoms. The highest BCUT2D eigenvalue weighted by Gasteiger charge is 2.06. The summed E-state index contributed by atoms with van der Waals surface area (Å²) in [6.07, 6.45) is 2.16. The molecule has 2 N–H and O–H groups in total. The van der Waals surface area contributed by atoms with Crippen LogP contribution in [0, 0.1) is 0 Å². The van der Waals surface area contributed by atoms with Crippen LogP contribution in [0.3, 0.4) is 0 Å². The number of carbonyl (C=O) groups is 1. The fourth-order valence-corrected chi connectivity index (χ4v) is 3.31. The number of hydrogen-bond donors (Lipinski definition) is 2. The van der Waals surface area contributed by atoms with Crippen molar-refractivity contribution in [2.75, 3.05) is 19.4 Å². The molecule has 3 rings (SSSR count). The van der Waals surface area contributed by atoms with Crippen LogP contribution in [-0.4, -0.2) is 35.3 Å². The lowest BCUT2D eigenvalue weighted by Crippen LogP contribution is -2.27. The fraction of sp³-hybridized carbons (Fsp3) is 0.200. The molecule has 0 aliphatic rings. The first-order chi connectivity index (χ1) is 13.1. The quantitative estimate of drug-likeness (QED) is 0.438. The number of hydrogen-bond acceptors (Lipinski definition) is 4. The van der Waals surface area contributed by atoms with Gasteiger partial charge in [-0.15, -0.1) is 0 Å². The number of amides is 1. The van der Waals surface area contributed by atoms with E-state index < -0.39 is 0 Å². The average molecular weight is 402 g/mol. The van der Waals surface area contributed by atoms with E-state index in [-0.39, 0.29) is 5.91 Å². The molecule has 5 nitrogen and oxygen atoms in total. The number of carbonyl (C=O) groups excluding carboxylic acids is 1. The number of thioether (sulfide) groups is 1. The van der Waals surface area contributed by atoms with Gasteiger partial charge in [-0.25, -0.2) is 4.98 Å². The third-order valence-electron chi connectivity index (χ3n) is 3.89. The Balaban J connectivity index is 1.42. The molecule has 0 aliphatic heterocycles. The molecule has 0 saturated carbocycles. The molecule has 0 unspecified atom stereocenters. The Labute approximate surface area is 167 Å². The van der Waals surface area contributed by atoms with E-state index in [9.17, 15) is 4.79 Å². The van der Waals surface area contributed by atoms with Crippen LogP contribution in [0.15, 0.2) is 59.9 Å². The molecule has 1 amide bonds. The standard InChI is InChI=1S/C20H20ClN3O2S/c1-26-17-8-4-15(5-9-17)18-13-23-20(24-18)27-11-10-22-19(25)12-14-2-6-16(21)7-3-14/h2-9,13H,10-12H2,1H3,(H,22,25)(H,23,24). The van der Waals surface area contributed by atoms with Crippen LogP contribution in [0.4, 0.5) is 0 Å². The summed E-state index contributed by atoms with van der Waals surface area (Å²) >= 11 is 7.42. The molecular formula is C20H20ClN3O2S. The summed E-state index contributed by atoms with van der Waals surface area (Å²) < 4.78 is 5.17. The van der Waals surface area contributed by atoms with Crippen molar-refractivity contribution >= 4 is 29.3 Å². The van der Waals surface area contributed by atoms with Crippen molar-refractivity contribution in [3.05, 3.63) is 65.3 Å². The van der Waals surface area contributed by atoms with Gasteiger partial charge < -0.3 is 15.0 Å². The van der Waals surface area contributed by atoms with Crippen LogP contribution in [-0.2, 0) is 11.2 Å². The van der Waals surface area contributed by atoms with E-state index >= 15 is 0 Å². The lowest BCUT2D eigenvalue weighted by atomic mass is 10.1. The third kappa shape index (κ3) is 5.77. The number of H-pyrrole nitrogens is 1. The predicted octanol–water partition coefficient (Wildman–Crippen LogP) is 4.19. The highest BCUT2D eigenvalue weighted by Crippen LogP contribution is 2.23. The lowest BCUT2D eigenvalue weighted by molar-refractivity contribution is -0.120. The highest BCUT2D eigenvalue weighted by atomic mass is 35.5. The van der Waals surface area contributed by atoms with Gasteiger partial charge in [-0.1, -0.05) is 35.5 Å². The SMILES string of the molecule is COc1ccc(-c2cnc(SCCNC(=O)Cc3ccc(Cl)cc3)[nH]2)cc1. The molecule has 0 aliphatic carbocycles. The number of nitrogens with one attached hydrogen (secondary N) is 2. The summed E-state index contributed by atoms with van der Waals surface area (Å²) in [5.74, 6) is 1.56. The Morgan fingerprint density at radius 1 is 1.19 bits per heavy atom. The van der Waals surface area contributed by atoms with E-state index in [2.05, 4.69) is 15.3 Å². The van der Waals surface area contributed by atoms with E-state index in [1.807, 2.05) is 42.6 Å². The molecule has 1 heterocycles. The molecule has 7 heteroatoms. The zero-order chi connectivity index (χ0) is 19.1. The van der Waals surface area contributed by atoms with Crippen molar-refractivity contribution in [3.8, 4) is 17.0 Å². The van der Waals surface area contributed by atoms with Crippen LogP contribution in [0.2, 0.25) is 5.02 Å². The Bertz CT molecular complexity index is 879. The van der Waals surface area contributed by atoms with Gasteiger partial charge in [0.2, 0.25) is 5.91 Å². The Hall–Kier alpha value is -2.44. The zero-order valence-corrected chi connectivity index (χ0v) is 16.4. The summed E-state index contributed by atoms with van der Waals surface area (Å²) in [5.41, 5.74) is 2.94. The number of ether oxygens (including phenoxy) is 1. The maximum absolute atomic E-state index is 12.0. The zero-order valence-electron chi connectivity index (χ0n) is 14.9. The van der Waals surface area contributed by atoms with Crippen LogP contribution in [0.25, 0.3) is 11.3 Å². The summed E-state index contributed by atoms with van der Waals surface area (Å²) in [4.78, 5) is 19.6. The van der Waals surface area contributed by atoms with Gasteiger partial charge in [0.25, 0.3) is 0 Å². The summed E-state index contributed by atoms with van der Waals surface area (Å²) in [7, 11) is 1.65. The fourth-order valence-electron chi connectivity index (χ4n) is 2.48. The second-order valence-electron chi connectivity index (χ2n) is 5.83. The van der Waals surface area contributed by atoms with Crippen molar-refractivity contribution in [3.63, 3.8) is 0 Å². The predicted molar refractivity (Wildman–Crippen MR) is 109 cm³/mol. The largest absolute Gasteiger partial charge is 0.497 e. The second kappa shape index (κ2) is 9.48. The van der Waals surface area contributed by atoms with Crippen molar-refractivity contribution in [2.45, 2.75) is 11.6 Å². The van der Waals surface area contributed by atoms with E-state index in [0.29, 0.717) is 18.0 Å². The summed E-state index contributed by atoms with van der Waals surface area (Å²) in [6, 6.07) is 15.1. The maximum atomic E-state index is 12.0. The van der Waals surface area contributed by atoms with Crippen molar-refractivity contribution in [1.29, 1.82) is 0 Å². The van der Waals surface area contributed by atoms with Crippen LogP contribution in [0.1, 0.15) is 5.56 Å². The molecule has 0 saturated heterocycles. The van der Waals surface area contributed by atoms with Gasteiger partial charge in [-0.3, -0.25) is 4.79 Å². The maximum Gasteiger partial charge on any atom is 0.224 e. The first-order valence-electron chi connectivity index (χ1n) is 8.47. The van der Waals surface area contributed by atoms with Crippen molar-refractivity contribution in [2.24, 2.45) is 0 Å². The molecule has 1 aromatic heterocycles. The third-order valence-corrected chi connectivity index (χ3v) is 5.04. The number of aromatic nitrogens is 2. The minimum absolute atomic E-state index is 0.00344. The number of benzene rings is 2. The van der Waals surface area contributed by atoms with Crippen LogP contribution >= 0.6 is 23.4 Å². The molecule has 3 aromatic rings. The van der Waals surface area contributed by atoms with Gasteiger partial charge >= 0.3 is 0 Å². The first-order valence-corrected chi connectivity index (χ1v) is 9.84.